The molecule has 266 valence electrons. The van der Waals surface area contributed by atoms with Gasteiger partial charge in [0.1, 0.15) is 11.2 Å². The van der Waals surface area contributed by atoms with Gasteiger partial charge in [-0.1, -0.05) is 140 Å². The predicted molar refractivity (Wildman–Crippen MR) is 232 cm³/mol. The monoisotopic (exact) mass is 748 g/mol. The average molecular weight is 749 g/mol. The number of furan rings is 1. The van der Waals surface area contributed by atoms with Crippen LogP contribution in [-0.2, 0) is 0 Å². The van der Waals surface area contributed by atoms with Gasteiger partial charge in [0.15, 0.2) is 17.5 Å². The molecule has 0 aliphatic carbocycles. The highest BCUT2D eigenvalue weighted by Gasteiger charge is 2.24. The van der Waals surface area contributed by atoms with Crippen LogP contribution in [-0.4, -0.2) is 29.5 Å². The van der Waals surface area contributed by atoms with Crippen molar-refractivity contribution in [3.05, 3.63) is 170 Å². The van der Waals surface area contributed by atoms with Gasteiger partial charge >= 0.3 is 0 Å². The number of thiophene rings is 1. The fourth-order valence-corrected chi connectivity index (χ4v) is 9.33. The first-order valence-electron chi connectivity index (χ1n) is 18.8. The number of hydrogen-bond acceptors (Lipinski definition) is 7. The SMILES string of the molecule is c1ccc(-c2nc(-c3cccc4oc5cccc(-c6nc(-c7ccccc7)nc7c6sc6ccccc67)c5c34)nc(-n3c4ccccc4c4ccccc43)n2)cc1. The summed E-state index contributed by atoms with van der Waals surface area (Å²) < 4.78 is 11.0. The van der Waals surface area contributed by atoms with E-state index in [9.17, 15) is 0 Å². The molecule has 5 aromatic heterocycles. The number of nitrogens with zero attached hydrogens (tertiary/aromatic N) is 6. The van der Waals surface area contributed by atoms with Crippen LogP contribution in [0.5, 0.6) is 0 Å². The lowest BCUT2D eigenvalue weighted by Crippen LogP contribution is -2.06. The van der Waals surface area contributed by atoms with E-state index in [0.717, 1.165) is 92.0 Å². The Hall–Kier alpha value is -7.55. The third kappa shape index (κ3) is 4.94. The molecule has 0 radical (unpaired) electrons. The highest BCUT2D eigenvalue weighted by molar-refractivity contribution is 7.26. The zero-order valence-corrected chi connectivity index (χ0v) is 31.0. The van der Waals surface area contributed by atoms with E-state index < -0.39 is 0 Å². The molecule has 0 fully saturated rings. The Balaban J connectivity index is 1.16. The van der Waals surface area contributed by atoms with Crippen LogP contribution in [0.15, 0.2) is 174 Å². The molecule has 0 bridgehead atoms. The maximum absolute atomic E-state index is 6.68. The second-order valence-electron chi connectivity index (χ2n) is 14.0. The standard InChI is InChI=1S/C49H28N6OS/c1-3-15-29(16-4-1)46-50-43-33-21-9-12-28-40(33)57-45(43)44(51-46)34-22-13-26-38-41(34)42-35(23-14-27-39(42)56-38)48-52-47(30-17-5-2-6-18-30)53-49(54-48)55-36-24-10-7-19-31(36)32-20-8-11-25-37(32)55/h1-28H. The van der Waals surface area contributed by atoms with Crippen LogP contribution < -0.4 is 0 Å². The highest BCUT2D eigenvalue weighted by Crippen LogP contribution is 2.45. The summed E-state index contributed by atoms with van der Waals surface area (Å²) in [5, 5.41) is 5.24. The Morgan fingerprint density at radius 3 is 1.65 bits per heavy atom. The lowest BCUT2D eigenvalue weighted by atomic mass is 9.99. The molecule has 0 spiro atoms. The molecule has 5 heterocycles. The molecule has 0 atom stereocenters. The van der Waals surface area contributed by atoms with Crippen LogP contribution in [0.1, 0.15) is 0 Å². The van der Waals surface area contributed by atoms with Crippen molar-refractivity contribution in [1.29, 1.82) is 0 Å². The molecular weight excluding hydrogens is 721 g/mol. The van der Waals surface area contributed by atoms with Gasteiger partial charge in [-0.25, -0.2) is 15.0 Å². The quantitative estimate of drug-likeness (QED) is 0.174. The minimum Gasteiger partial charge on any atom is -0.456 e. The highest BCUT2D eigenvalue weighted by atomic mass is 32.1. The molecular formula is C49H28N6OS. The van der Waals surface area contributed by atoms with Crippen molar-refractivity contribution < 1.29 is 4.42 Å². The molecule has 12 aromatic rings. The summed E-state index contributed by atoms with van der Waals surface area (Å²) in [5.74, 6) is 2.34. The van der Waals surface area contributed by atoms with Crippen molar-refractivity contribution in [2.24, 2.45) is 0 Å². The fraction of sp³-hybridized carbons (Fsp3) is 0. The molecule has 0 aliphatic rings. The summed E-state index contributed by atoms with van der Waals surface area (Å²) in [6, 6.07) is 57.8. The maximum atomic E-state index is 6.68. The van der Waals surface area contributed by atoms with E-state index >= 15 is 0 Å². The molecule has 0 N–H and O–H groups in total. The van der Waals surface area contributed by atoms with Gasteiger partial charge in [-0.05, 0) is 30.3 Å². The molecule has 57 heavy (non-hydrogen) atoms. The van der Waals surface area contributed by atoms with Crippen LogP contribution in [0.3, 0.4) is 0 Å². The van der Waals surface area contributed by atoms with E-state index in [4.69, 9.17) is 29.3 Å². The maximum Gasteiger partial charge on any atom is 0.238 e. The smallest absolute Gasteiger partial charge is 0.238 e. The summed E-state index contributed by atoms with van der Waals surface area (Å²) in [7, 11) is 0. The Labute approximate surface area is 329 Å². The first-order chi connectivity index (χ1) is 28.3. The van der Waals surface area contributed by atoms with Crippen molar-refractivity contribution in [1.82, 2.24) is 29.5 Å². The third-order valence-electron chi connectivity index (χ3n) is 10.7. The third-order valence-corrected chi connectivity index (χ3v) is 11.9. The normalized spacial score (nSPS) is 11.9. The molecule has 0 amide bonds. The van der Waals surface area contributed by atoms with Crippen LogP contribution in [0.25, 0.3) is 115 Å². The average Bonchev–Trinajstić information content (AvgIpc) is 3.96. The van der Waals surface area contributed by atoms with Gasteiger partial charge < -0.3 is 4.42 Å². The largest absolute Gasteiger partial charge is 0.456 e. The number of benzene rings is 7. The van der Waals surface area contributed by atoms with E-state index in [-0.39, 0.29) is 0 Å². The summed E-state index contributed by atoms with van der Waals surface area (Å²) in [4.78, 5) is 26.2. The number of rotatable bonds is 5. The van der Waals surface area contributed by atoms with E-state index in [1.54, 1.807) is 11.3 Å². The Morgan fingerprint density at radius 1 is 0.421 bits per heavy atom. The molecule has 0 aliphatic heterocycles. The van der Waals surface area contributed by atoms with Crippen molar-refractivity contribution >= 4 is 75.4 Å². The second-order valence-corrected chi connectivity index (χ2v) is 15.1. The lowest BCUT2D eigenvalue weighted by Gasteiger charge is -2.12. The first kappa shape index (κ1) is 31.8. The summed E-state index contributed by atoms with van der Waals surface area (Å²) in [6.07, 6.45) is 0. The van der Waals surface area contributed by atoms with Gasteiger partial charge in [0.05, 0.1) is 26.9 Å². The number of aromatic nitrogens is 6. The number of para-hydroxylation sites is 2. The van der Waals surface area contributed by atoms with Gasteiger partial charge in [-0.3, -0.25) is 4.57 Å². The summed E-state index contributed by atoms with van der Waals surface area (Å²) in [6.45, 7) is 0. The van der Waals surface area contributed by atoms with Crippen LogP contribution in [0.2, 0.25) is 0 Å². The molecule has 0 saturated carbocycles. The van der Waals surface area contributed by atoms with Gasteiger partial charge in [0.25, 0.3) is 0 Å². The number of hydrogen-bond donors (Lipinski definition) is 0. The second kappa shape index (κ2) is 12.5. The Kier molecular flexibility index (Phi) is 6.96. The van der Waals surface area contributed by atoms with Gasteiger partial charge in [-0.2, -0.15) is 9.97 Å². The van der Waals surface area contributed by atoms with Crippen LogP contribution in [0, 0.1) is 0 Å². The van der Waals surface area contributed by atoms with Crippen LogP contribution >= 0.6 is 11.3 Å². The van der Waals surface area contributed by atoms with Gasteiger partial charge in [-0.15, -0.1) is 11.3 Å². The van der Waals surface area contributed by atoms with Crippen molar-refractivity contribution in [2.75, 3.05) is 0 Å². The van der Waals surface area contributed by atoms with Crippen molar-refractivity contribution in [3.8, 4) is 51.4 Å². The molecule has 12 rings (SSSR count). The molecule has 0 unspecified atom stereocenters. The Morgan fingerprint density at radius 2 is 0.965 bits per heavy atom. The first-order valence-corrected chi connectivity index (χ1v) is 19.6. The van der Waals surface area contributed by atoms with Crippen molar-refractivity contribution in [3.63, 3.8) is 0 Å². The minimum atomic E-state index is 0.538. The molecule has 8 heteroatoms. The van der Waals surface area contributed by atoms with Crippen LogP contribution in [0.4, 0.5) is 0 Å². The predicted octanol–water partition coefficient (Wildman–Crippen LogP) is 12.7. The Bertz CT molecular complexity index is 3480. The fourth-order valence-electron chi connectivity index (χ4n) is 8.18. The van der Waals surface area contributed by atoms with Crippen molar-refractivity contribution in [2.45, 2.75) is 0 Å². The van der Waals surface area contributed by atoms with E-state index in [0.29, 0.717) is 23.4 Å². The van der Waals surface area contributed by atoms with E-state index in [1.165, 1.54) is 0 Å². The zero-order valence-electron chi connectivity index (χ0n) is 30.2. The lowest BCUT2D eigenvalue weighted by molar-refractivity contribution is 0.669. The van der Waals surface area contributed by atoms with E-state index in [1.807, 2.05) is 72.8 Å². The summed E-state index contributed by atoms with van der Waals surface area (Å²) >= 11 is 1.71. The minimum absolute atomic E-state index is 0.538. The molecule has 0 saturated heterocycles. The summed E-state index contributed by atoms with van der Waals surface area (Å²) in [5.41, 5.74) is 8.97. The van der Waals surface area contributed by atoms with Gasteiger partial charge in [0, 0.05) is 53.9 Å². The van der Waals surface area contributed by atoms with Gasteiger partial charge in [0.2, 0.25) is 5.95 Å². The molecule has 7 aromatic carbocycles. The van der Waals surface area contributed by atoms with E-state index in [2.05, 4.69) is 102 Å². The molecule has 7 nitrogen and oxygen atoms in total. The number of fused-ring (bicyclic) bond motifs is 9. The zero-order chi connectivity index (χ0) is 37.5. The topological polar surface area (TPSA) is 82.5 Å².